The Bertz CT molecular complexity index is 3240. The van der Waals surface area contributed by atoms with Crippen LogP contribution in [0.15, 0.2) is 200 Å². The van der Waals surface area contributed by atoms with Crippen molar-refractivity contribution in [2.45, 2.75) is 18.8 Å². The third-order valence-electron chi connectivity index (χ3n) is 11.9. The Morgan fingerprint density at radius 1 is 0.482 bits per heavy atom. The Morgan fingerprint density at radius 2 is 1.04 bits per heavy atom. The van der Waals surface area contributed by atoms with Gasteiger partial charge in [-0.1, -0.05) is 158 Å². The quantitative estimate of drug-likeness (QED) is 0.162. The fraction of sp³-hybridized carbons (Fsp3) is 0.0556. The van der Waals surface area contributed by atoms with Gasteiger partial charge in [0.05, 0.1) is 11.0 Å². The molecule has 2 nitrogen and oxygen atoms in total. The van der Waals surface area contributed by atoms with E-state index in [4.69, 9.17) is 4.98 Å². The minimum atomic E-state index is -0.287. The molecule has 0 saturated heterocycles. The lowest BCUT2D eigenvalue weighted by atomic mass is 9.79. The molecule has 0 aliphatic heterocycles. The van der Waals surface area contributed by atoms with E-state index in [1.165, 1.54) is 76.5 Å². The maximum absolute atomic E-state index is 5.26. The number of para-hydroxylation sites is 3. The summed E-state index contributed by atoms with van der Waals surface area (Å²) in [7, 11) is 0. The molecule has 0 fully saturated rings. The minimum absolute atomic E-state index is 0.287. The Morgan fingerprint density at radius 3 is 1.70 bits per heavy atom. The molecule has 0 saturated carbocycles. The number of allylic oxidation sites excluding steroid dienone is 4. The molecule has 1 aromatic heterocycles. The zero-order chi connectivity index (χ0) is 37.2. The van der Waals surface area contributed by atoms with Gasteiger partial charge in [-0.05, 0) is 132 Å². The van der Waals surface area contributed by atoms with Gasteiger partial charge in [0.25, 0.3) is 0 Å². The fourth-order valence-electron chi connectivity index (χ4n) is 9.03. The lowest BCUT2D eigenvalue weighted by Gasteiger charge is -2.29. The molecule has 0 radical (unpaired) electrons. The summed E-state index contributed by atoms with van der Waals surface area (Å²) in [6, 6.07) is 66.4. The van der Waals surface area contributed by atoms with Crippen LogP contribution in [0.25, 0.3) is 87.6 Å². The van der Waals surface area contributed by atoms with Crippen LogP contribution in [0, 0.1) is 0 Å². The summed E-state index contributed by atoms with van der Waals surface area (Å²) in [5.74, 6) is 1.06. The predicted molar refractivity (Wildman–Crippen MR) is 237 cm³/mol. The van der Waals surface area contributed by atoms with E-state index >= 15 is 0 Å². The molecule has 0 bridgehead atoms. The Labute approximate surface area is 326 Å². The number of aromatic nitrogens is 2. The summed E-state index contributed by atoms with van der Waals surface area (Å²) in [6.45, 7) is 2.32. The molecule has 11 rings (SSSR count). The average Bonchev–Trinajstić information content (AvgIpc) is 3.66. The number of benzene rings is 9. The molecule has 0 spiro atoms. The van der Waals surface area contributed by atoms with Gasteiger partial charge in [-0.3, -0.25) is 4.57 Å². The average molecular weight is 715 g/mol. The summed E-state index contributed by atoms with van der Waals surface area (Å²) in [5.41, 5.74) is 10.4. The SMILES string of the molecule is CC1(c2nc3ccccc3n2-c2ccccc2)C=CC(c2ccc3c(-c4ccc5ccccc5c4)c4ccccc4c(-c4ccc5ccccc5c4)c3c2)=CC1. The molecule has 1 heterocycles. The fourth-order valence-corrected chi connectivity index (χ4v) is 9.03. The van der Waals surface area contributed by atoms with Crippen LogP contribution in [-0.2, 0) is 5.41 Å². The number of hydrogen-bond acceptors (Lipinski definition) is 1. The highest BCUT2D eigenvalue weighted by Gasteiger charge is 2.32. The standard InChI is InChI=1S/C54H38N2/c1-54(53-55-49-21-11-12-22-50(49)56(53)44-17-3-2-4-18-44)31-29-38(30-32-54)41-27-28-47-48(35-41)52(43-26-24-37-14-6-8-16-40(37)34-43)46-20-10-9-19-45(46)51(47)42-25-23-36-13-5-7-15-39(36)33-42/h2-31,33-35H,32H2,1H3. The maximum Gasteiger partial charge on any atom is 0.124 e. The Hall–Kier alpha value is -7.03. The molecule has 0 N–H and O–H groups in total. The van der Waals surface area contributed by atoms with Crippen molar-refractivity contribution < 1.29 is 0 Å². The molecule has 264 valence electrons. The second-order valence-electron chi connectivity index (χ2n) is 15.4. The van der Waals surface area contributed by atoms with Gasteiger partial charge >= 0.3 is 0 Å². The van der Waals surface area contributed by atoms with Crippen molar-refractivity contribution in [3.05, 3.63) is 212 Å². The minimum Gasteiger partial charge on any atom is -0.296 e. The largest absolute Gasteiger partial charge is 0.296 e. The summed E-state index contributed by atoms with van der Waals surface area (Å²) >= 11 is 0. The van der Waals surface area contributed by atoms with E-state index in [2.05, 4.69) is 212 Å². The van der Waals surface area contributed by atoms with Crippen molar-refractivity contribution in [3.8, 4) is 27.9 Å². The lowest BCUT2D eigenvalue weighted by molar-refractivity contribution is 0.551. The monoisotopic (exact) mass is 714 g/mol. The van der Waals surface area contributed by atoms with Gasteiger partial charge in [-0.2, -0.15) is 0 Å². The van der Waals surface area contributed by atoms with Crippen LogP contribution in [-0.4, -0.2) is 9.55 Å². The first-order valence-electron chi connectivity index (χ1n) is 19.5. The topological polar surface area (TPSA) is 17.8 Å². The first kappa shape index (κ1) is 32.4. The third kappa shape index (κ3) is 5.21. The molecule has 9 aromatic carbocycles. The predicted octanol–water partition coefficient (Wildman–Crippen LogP) is 14.3. The van der Waals surface area contributed by atoms with Crippen molar-refractivity contribution in [3.63, 3.8) is 0 Å². The van der Waals surface area contributed by atoms with Crippen LogP contribution < -0.4 is 0 Å². The van der Waals surface area contributed by atoms with E-state index in [1.807, 2.05) is 0 Å². The lowest BCUT2D eigenvalue weighted by Crippen LogP contribution is -2.25. The van der Waals surface area contributed by atoms with E-state index < -0.39 is 0 Å². The summed E-state index contributed by atoms with van der Waals surface area (Å²) in [4.78, 5) is 5.26. The van der Waals surface area contributed by atoms with Crippen molar-refractivity contribution in [1.29, 1.82) is 0 Å². The first-order chi connectivity index (χ1) is 27.6. The molecule has 1 aliphatic rings. The van der Waals surface area contributed by atoms with Crippen LogP contribution in [0.1, 0.15) is 24.7 Å². The summed E-state index contributed by atoms with van der Waals surface area (Å²) in [5, 5.41) is 10.0. The molecule has 0 amide bonds. The van der Waals surface area contributed by atoms with Gasteiger partial charge in [-0.25, -0.2) is 4.98 Å². The third-order valence-corrected chi connectivity index (χ3v) is 11.9. The highest BCUT2D eigenvalue weighted by Crippen LogP contribution is 2.46. The molecule has 1 unspecified atom stereocenters. The number of imidazole rings is 1. The molecular formula is C54H38N2. The number of nitrogens with zero attached hydrogens (tertiary/aromatic N) is 2. The molecule has 1 atom stereocenters. The maximum atomic E-state index is 5.26. The van der Waals surface area contributed by atoms with Gasteiger partial charge in [0.15, 0.2) is 0 Å². The van der Waals surface area contributed by atoms with E-state index in [1.54, 1.807) is 0 Å². The van der Waals surface area contributed by atoms with Gasteiger partial charge in [0.2, 0.25) is 0 Å². The Balaban J connectivity index is 1.10. The van der Waals surface area contributed by atoms with Crippen molar-refractivity contribution in [2.75, 3.05) is 0 Å². The normalized spacial score (nSPS) is 15.6. The van der Waals surface area contributed by atoms with Gasteiger partial charge in [0.1, 0.15) is 5.82 Å². The van der Waals surface area contributed by atoms with Crippen molar-refractivity contribution in [1.82, 2.24) is 9.55 Å². The van der Waals surface area contributed by atoms with E-state index in [0.717, 1.165) is 29.0 Å². The van der Waals surface area contributed by atoms with E-state index in [-0.39, 0.29) is 5.41 Å². The first-order valence-corrected chi connectivity index (χ1v) is 19.5. The van der Waals surface area contributed by atoms with E-state index in [0.29, 0.717) is 0 Å². The molecule has 56 heavy (non-hydrogen) atoms. The molecule has 2 heteroatoms. The highest BCUT2D eigenvalue weighted by atomic mass is 15.1. The number of rotatable bonds is 5. The van der Waals surface area contributed by atoms with Crippen molar-refractivity contribution in [2.24, 2.45) is 0 Å². The van der Waals surface area contributed by atoms with Gasteiger partial charge in [-0.15, -0.1) is 0 Å². The van der Waals surface area contributed by atoms with Crippen LogP contribution >= 0.6 is 0 Å². The summed E-state index contributed by atoms with van der Waals surface area (Å²) in [6.07, 6.45) is 7.94. The van der Waals surface area contributed by atoms with Gasteiger partial charge < -0.3 is 0 Å². The van der Waals surface area contributed by atoms with Gasteiger partial charge in [0, 0.05) is 11.1 Å². The second kappa shape index (κ2) is 12.8. The van der Waals surface area contributed by atoms with Crippen LogP contribution in [0.2, 0.25) is 0 Å². The zero-order valence-corrected chi connectivity index (χ0v) is 31.2. The number of hydrogen-bond donors (Lipinski definition) is 0. The molecule has 1 aliphatic carbocycles. The second-order valence-corrected chi connectivity index (χ2v) is 15.4. The highest BCUT2D eigenvalue weighted by molar-refractivity contribution is 6.22. The Kier molecular flexibility index (Phi) is 7.40. The molecular weight excluding hydrogens is 677 g/mol. The zero-order valence-electron chi connectivity index (χ0n) is 31.2. The molecule has 10 aromatic rings. The van der Waals surface area contributed by atoms with Crippen LogP contribution in [0.5, 0.6) is 0 Å². The summed E-state index contributed by atoms with van der Waals surface area (Å²) < 4.78 is 2.34. The van der Waals surface area contributed by atoms with Crippen LogP contribution in [0.4, 0.5) is 0 Å². The van der Waals surface area contributed by atoms with Crippen LogP contribution in [0.3, 0.4) is 0 Å². The smallest absolute Gasteiger partial charge is 0.124 e. The van der Waals surface area contributed by atoms with Crippen molar-refractivity contribution >= 4 is 59.7 Å². The van der Waals surface area contributed by atoms with E-state index in [9.17, 15) is 0 Å². The number of fused-ring (bicyclic) bond motifs is 5.